The standard InChI is InChI=1S/C19H16Cl2N2O5S2/c20-13-10-14(21)17(30(25,26)23-5-7-27-8-6-23)9-12(13)19(24)28-11-18-22-15-3-1-2-4-16(15)29-18/h1-4,9-10H,5-8,11H2. The van der Waals surface area contributed by atoms with E-state index >= 15 is 0 Å². The second-order valence-corrected chi connectivity index (χ2v) is 10.3. The van der Waals surface area contributed by atoms with Crippen molar-refractivity contribution >= 4 is 60.7 Å². The second-order valence-electron chi connectivity index (χ2n) is 6.43. The van der Waals surface area contributed by atoms with Gasteiger partial charge >= 0.3 is 5.97 Å². The van der Waals surface area contributed by atoms with Gasteiger partial charge in [-0.15, -0.1) is 11.3 Å². The third kappa shape index (κ3) is 4.32. The molecule has 1 aromatic heterocycles. The number of sulfonamides is 1. The molecule has 11 heteroatoms. The van der Waals surface area contributed by atoms with E-state index in [1.165, 1.54) is 21.7 Å². The molecule has 2 aromatic carbocycles. The number of carbonyl (C=O) groups is 1. The van der Waals surface area contributed by atoms with Crippen LogP contribution in [-0.4, -0.2) is 50.0 Å². The van der Waals surface area contributed by atoms with E-state index in [2.05, 4.69) is 4.98 Å². The number of nitrogens with zero attached hydrogens (tertiary/aromatic N) is 2. The highest BCUT2D eigenvalue weighted by Crippen LogP contribution is 2.32. The molecule has 0 bridgehead atoms. The first-order chi connectivity index (χ1) is 14.4. The largest absolute Gasteiger partial charge is 0.455 e. The van der Waals surface area contributed by atoms with E-state index in [0.29, 0.717) is 18.2 Å². The number of fused-ring (bicyclic) bond motifs is 1. The Morgan fingerprint density at radius 3 is 2.63 bits per heavy atom. The van der Waals surface area contributed by atoms with Crippen LogP contribution in [0.1, 0.15) is 15.4 Å². The van der Waals surface area contributed by atoms with Crippen LogP contribution in [0.25, 0.3) is 10.2 Å². The Kier molecular flexibility index (Phi) is 6.29. The lowest BCUT2D eigenvalue weighted by Crippen LogP contribution is -2.40. The molecule has 1 fully saturated rings. The summed E-state index contributed by atoms with van der Waals surface area (Å²) in [5, 5.41) is 0.570. The maximum Gasteiger partial charge on any atom is 0.340 e. The van der Waals surface area contributed by atoms with E-state index in [1.807, 2.05) is 24.3 Å². The molecular formula is C19H16Cl2N2O5S2. The number of thiazole rings is 1. The summed E-state index contributed by atoms with van der Waals surface area (Å²) in [5.74, 6) is -0.755. The van der Waals surface area contributed by atoms with Crippen LogP contribution in [0.15, 0.2) is 41.3 Å². The Morgan fingerprint density at radius 1 is 1.17 bits per heavy atom. The molecule has 0 saturated carbocycles. The molecule has 1 aliphatic rings. The average Bonchev–Trinajstić information content (AvgIpc) is 3.15. The highest BCUT2D eigenvalue weighted by Gasteiger charge is 2.30. The molecule has 0 radical (unpaired) electrons. The van der Waals surface area contributed by atoms with Crippen molar-refractivity contribution in [2.75, 3.05) is 26.3 Å². The Hall–Kier alpha value is -1.75. The molecule has 1 saturated heterocycles. The smallest absolute Gasteiger partial charge is 0.340 e. The van der Waals surface area contributed by atoms with Gasteiger partial charge in [-0.1, -0.05) is 35.3 Å². The van der Waals surface area contributed by atoms with E-state index in [0.717, 1.165) is 16.3 Å². The predicted molar refractivity (Wildman–Crippen MR) is 115 cm³/mol. The van der Waals surface area contributed by atoms with Crippen molar-refractivity contribution < 1.29 is 22.7 Å². The van der Waals surface area contributed by atoms with Gasteiger partial charge < -0.3 is 9.47 Å². The summed E-state index contributed by atoms with van der Waals surface area (Å²) in [4.78, 5) is 16.8. The number of esters is 1. The number of halogens is 2. The number of morpholine rings is 1. The Bertz CT molecular complexity index is 1170. The molecule has 30 heavy (non-hydrogen) atoms. The molecule has 0 aliphatic carbocycles. The molecule has 7 nitrogen and oxygen atoms in total. The van der Waals surface area contributed by atoms with Crippen molar-refractivity contribution in [1.29, 1.82) is 0 Å². The summed E-state index contributed by atoms with van der Waals surface area (Å²) in [6, 6.07) is 9.98. The number of rotatable bonds is 5. The molecule has 158 valence electrons. The summed E-state index contributed by atoms with van der Waals surface area (Å²) in [5.41, 5.74) is 0.742. The van der Waals surface area contributed by atoms with Gasteiger partial charge in [0.2, 0.25) is 10.0 Å². The average molecular weight is 487 g/mol. The Morgan fingerprint density at radius 2 is 1.90 bits per heavy atom. The number of hydrogen-bond acceptors (Lipinski definition) is 7. The molecule has 0 spiro atoms. The van der Waals surface area contributed by atoms with Gasteiger partial charge in [-0.3, -0.25) is 0 Å². The molecule has 1 aliphatic heterocycles. The van der Waals surface area contributed by atoms with Crippen molar-refractivity contribution in [3.8, 4) is 0 Å². The van der Waals surface area contributed by atoms with E-state index in [4.69, 9.17) is 32.7 Å². The van der Waals surface area contributed by atoms with Crippen LogP contribution in [0.3, 0.4) is 0 Å². The van der Waals surface area contributed by atoms with Crippen molar-refractivity contribution in [1.82, 2.24) is 9.29 Å². The number of benzene rings is 2. The van der Waals surface area contributed by atoms with Crippen LogP contribution in [0.5, 0.6) is 0 Å². The minimum atomic E-state index is -3.91. The minimum Gasteiger partial charge on any atom is -0.455 e. The lowest BCUT2D eigenvalue weighted by atomic mass is 10.2. The van der Waals surface area contributed by atoms with Crippen molar-refractivity contribution in [3.05, 3.63) is 57.0 Å². The Labute approximate surface area is 187 Å². The van der Waals surface area contributed by atoms with E-state index < -0.39 is 16.0 Å². The minimum absolute atomic E-state index is 0.00947. The van der Waals surface area contributed by atoms with Gasteiger partial charge in [-0.2, -0.15) is 4.31 Å². The van der Waals surface area contributed by atoms with Gasteiger partial charge in [0.05, 0.1) is 39.0 Å². The molecule has 0 amide bonds. The van der Waals surface area contributed by atoms with Crippen LogP contribution in [0.2, 0.25) is 10.0 Å². The topological polar surface area (TPSA) is 85.8 Å². The van der Waals surface area contributed by atoms with Gasteiger partial charge in [-0.25, -0.2) is 18.2 Å². The summed E-state index contributed by atoms with van der Waals surface area (Å²) >= 11 is 13.7. The maximum absolute atomic E-state index is 13.0. The molecule has 0 unspecified atom stereocenters. The molecule has 0 N–H and O–H groups in total. The van der Waals surface area contributed by atoms with Crippen molar-refractivity contribution in [2.24, 2.45) is 0 Å². The first kappa shape index (κ1) is 21.5. The summed E-state index contributed by atoms with van der Waals surface area (Å²) < 4.78 is 38.7. The molecule has 4 rings (SSSR count). The number of aromatic nitrogens is 1. The molecule has 3 aromatic rings. The zero-order valence-electron chi connectivity index (χ0n) is 15.5. The fourth-order valence-corrected chi connectivity index (χ4v) is 6.11. The van der Waals surface area contributed by atoms with Crippen LogP contribution in [-0.2, 0) is 26.1 Å². The fraction of sp³-hybridized carbons (Fsp3) is 0.263. The first-order valence-electron chi connectivity index (χ1n) is 8.95. The third-order valence-corrected chi connectivity index (χ3v) is 8.18. The zero-order chi connectivity index (χ0) is 21.3. The van der Waals surface area contributed by atoms with E-state index in [9.17, 15) is 13.2 Å². The van der Waals surface area contributed by atoms with Gasteiger partial charge in [0, 0.05) is 13.1 Å². The first-order valence-corrected chi connectivity index (χ1v) is 12.0. The number of para-hydroxylation sites is 1. The monoisotopic (exact) mass is 486 g/mol. The highest BCUT2D eigenvalue weighted by atomic mass is 35.5. The van der Waals surface area contributed by atoms with E-state index in [-0.39, 0.29) is 40.2 Å². The van der Waals surface area contributed by atoms with Crippen LogP contribution in [0, 0.1) is 0 Å². The highest BCUT2D eigenvalue weighted by molar-refractivity contribution is 7.89. The SMILES string of the molecule is O=C(OCc1nc2ccccc2s1)c1cc(S(=O)(=O)N2CCOCC2)c(Cl)cc1Cl. The fourth-order valence-electron chi connectivity index (χ4n) is 3.00. The van der Waals surface area contributed by atoms with E-state index in [1.54, 1.807) is 0 Å². The summed E-state index contributed by atoms with van der Waals surface area (Å²) in [7, 11) is -3.91. The lowest BCUT2D eigenvalue weighted by molar-refractivity contribution is 0.0472. The molecular weight excluding hydrogens is 471 g/mol. The van der Waals surface area contributed by atoms with Gasteiger partial charge in [0.25, 0.3) is 0 Å². The number of hydrogen-bond donors (Lipinski definition) is 0. The zero-order valence-corrected chi connectivity index (χ0v) is 18.7. The predicted octanol–water partition coefficient (Wildman–Crippen LogP) is 3.98. The third-order valence-electron chi connectivity index (χ3n) is 4.49. The molecule has 0 atom stereocenters. The Balaban J connectivity index is 1.57. The molecule has 2 heterocycles. The maximum atomic E-state index is 13.0. The van der Waals surface area contributed by atoms with Gasteiger partial charge in [0.15, 0.2) is 0 Å². The van der Waals surface area contributed by atoms with Gasteiger partial charge in [0.1, 0.15) is 16.5 Å². The van der Waals surface area contributed by atoms with Crippen LogP contribution < -0.4 is 0 Å². The normalized spacial score (nSPS) is 15.4. The second kappa shape index (κ2) is 8.78. The van der Waals surface area contributed by atoms with Crippen LogP contribution in [0.4, 0.5) is 0 Å². The van der Waals surface area contributed by atoms with Gasteiger partial charge in [-0.05, 0) is 24.3 Å². The number of carbonyl (C=O) groups excluding carboxylic acids is 1. The number of ether oxygens (including phenoxy) is 2. The summed E-state index contributed by atoms with van der Waals surface area (Å²) in [6.45, 7) is 0.947. The van der Waals surface area contributed by atoms with Crippen molar-refractivity contribution in [3.63, 3.8) is 0 Å². The summed E-state index contributed by atoms with van der Waals surface area (Å²) in [6.07, 6.45) is 0. The van der Waals surface area contributed by atoms with Crippen molar-refractivity contribution in [2.45, 2.75) is 11.5 Å². The van der Waals surface area contributed by atoms with Crippen LogP contribution >= 0.6 is 34.5 Å². The lowest BCUT2D eigenvalue weighted by Gasteiger charge is -2.26. The quantitative estimate of drug-likeness (QED) is 0.506.